The van der Waals surface area contributed by atoms with Crippen molar-refractivity contribution in [3.05, 3.63) is 12.3 Å². The molecule has 0 aromatic rings. The molecule has 1 saturated heterocycles. The van der Waals surface area contributed by atoms with Crippen molar-refractivity contribution in [2.24, 2.45) is 10.9 Å². The normalized spacial score (nSPS) is 28.5. The third-order valence-electron chi connectivity index (χ3n) is 1.96. The van der Waals surface area contributed by atoms with Gasteiger partial charge in [-0.25, -0.2) is 0 Å². The number of oxime groups is 1. The molecule has 14 heavy (non-hydrogen) atoms. The minimum Gasteiger partial charge on any atom is -0.409 e. The summed E-state index contributed by atoms with van der Waals surface area (Å²) in [5.41, 5.74) is 5.20. The molecule has 0 amide bonds. The van der Waals surface area contributed by atoms with Crippen molar-refractivity contribution in [2.75, 3.05) is 6.61 Å². The third kappa shape index (κ3) is 3.23. The average molecular weight is 201 g/mol. The van der Waals surface area contributed by atoms with Crippen LogP contribution in [0.5, 0.6) is 0 Å². The van der Waals surface area contributed by atoms with Crippen molar-refractivity contribution in [3.8, 4) is 0 Å². The highest BCUT2D eigenvalue weighted by molar-refractivity contribution is 5.90. The van der Waals surface area contributed by atoms with Crippen LogP contribution >= 0.6 is 0 Å². The molecule has 0 radical (unpaired) electrons. The van der Waals surface area contributed by atoms with Crippen LogP contribution in [-0.2, 0) is 4.74 Å². The first-order chi connectivity index (χ1) is 6.76. The number of nitrogens with one attached hydrogen (secondary N) is 1. The van der Waals surface area contributed by atoms with Gasteiger partial charge in [0, 0.05) is 6.20 Å². The summed E-state index contributed by atoms with van der Waals surface area (Å²) >= 11 is 0. The van der Waals surface area contributed by atoms with Gasteiger partial charge in [-0.3, -0.25) is 0 Å². The van der Waals surface area contributed by atoms with Crippen molar-refractivity contribution in [1.29, 1.82) is 0 Å². The van der Waals surface area contributed by atoms with Gasteiger partial charge in [-0.2, -0.15) is 0 Å². The molecule has 0 bridgehead atoms. The summed E-state index contributed by atoms with van der Waals surface area (Å²) in [5, 5.41) is 22.7. The summed E-state index contributed by atoms with van der Waals surface area (Å²) in [6, 6.07) is 0. The molecule has 0 aromatic carbocycles. The van der Waals surface area contributed by atoms with E-state index in [0.29, 0.717) is 0 Å². The highest BCUT2D eigenvalue weighted by Gasteiger charge is 2.23. The Morgan fingerprint density at radius 2 is 2.43 bits per heavy atom. The van der Waals surface area contributed by atoms with E-state index >= 15 is 0 Å². The monoisotopic (exact) mass is 201 g/mol. The number of hydrogen-bond acceptors (Lipinski definition) is 5. The first-order valence-electron chi connectivity index (χ1n) is 4.42. The van der Waals surface area contributed by atoms with Crippen LogP contribution in [0.2, 0.25) is 0 Å². The summed E-state index contributed by atoms with van der Waals surface area (Å²) in [5.74, 6) is 0.0224. The Hall–Kier alpha value is -1.27. The SMILES string of the molecule is NC(/C=C\N[C@H]1CC[C@@H](CO)O1)=N\O. The number of amidine groups is 1. The number of hydrogen-bond donors (Lipinski definition) is 4. The lowest BCUT2D eigenvalue weighted by Gasteiger charge is -2.11. The van der Waals surface area contributed by atoms with E-state index < -0.39 is 0 Å². The Bertz CT molecular complexity index is 230. The zero-order chi connectivity index (χ0) is 10.4. The van der Waals surface area contributed by atoms with Crippen molar-refractivity contribution in [3.63, 3.8) is 0 Å². The van der Waals surface area contributed by atoms with Crippen molar-refractivity contribution in [2.45, 2.75) is 25.2 Å². The van der Waals surface area contributed by atoms with Gasteiger partial charge >= 0.3 is 0 Å². The zero-order valence-corrected chi connectivity index (χ0v) is 7.76. The second-order valence-electron chi connectivity index (χ2n) is 3.03. The third-order valence-corrected chi connectivity index (χ3v) is 1.96. The maximum Gasteiger partial charge on any atom is 0.164 e. The minimum absolute atomic E-state index is 0.0224. The largest absolute Gasteiger partial charge is 0.409 e. The molecule has 6 heteroatoms. The fourth-order valence-electron chi connectivity index (χ4n) is 1.24. The van der Waals surface area contributed by atoms with Crippen LogP contribution in [0.4, 0.5) is 0 Å². The van der Waals surface area contributed by atoms with Crippen LogP contribution in [0.1, 0.15) is 12.8 Å². The smallest absolute Gasteiger partial charge is 0.164 e. The van der Waals surface area contributed by atoms with Crippen LogP contribution in [0.15, 0.2) is 17.4 Å². The van der Waals surface area contributed by atoms with Gasteiger partial charge in [0.25, 0.3) is 0 Å². The summed E-state index contributed by atoms with van der Waals surface area (Å²) in [6.07, 6.45) is 4.48. The molecular formula is C8H15N3O3. The van der Waals surface area contributed by atoms with Gasteiger partial charge in [0.1, 0.15) is 6.23 Å². The Balaban J connectivity index is 2.23. The molecule has 0 saturated carbocycles. The maximum absolute atomic E-state index is 8.79. The van der Waals surface area contributed by atoms with Gasteiger partial charge < -0.3 is 26.1 Å². The van der Waals surface area contributed by atoms with E-state index in [1.54, 1.807) is 6.20 Å². The van der Waals surface area contributed by atoms with Gasteiger partial charge in [0.05, 0.1) is 12.7 Å². The number of aliphatic hydroxyl groups excluding tert-OH is 1. The molecule has 6 nitrogen and oxygen atoms in total. The molecule has 1 rings (SSSR count). The zero-order valence-electron chi connectivity index (χ0n) is 7.76. The van der Waals surface area contributed by atoms with Gasteiger partial charge in [0.15, 0.2) is 5.84 Å². The number of aliphatic hydroxyl groups is 1. The molecular weight excluding hydrogens is 186 g/mol. The fraction of sp³-hybridized carbons (Fsp3) is 0.625. The van der Waals surface area contributed by atoms with Crippen molar-refractivity contribution < 1.29 is 15.1 Å². The molecule has 80 valence electrons. The van der Waals surface area contributed by atoms with Gasteiger partial charge in [-0.05, 0) is 18.9 Å². The topological polar surface area (TPSA) is 100 Å². The predicted octanol–water partition coefficient (Wildman–Crippen LogP) is -0.666. The lowest BCUT2D eigenvalue weighted by molar-refractivity contribution is 0.00319. The van der Waals surface area contributed by atoms with Crippen LogP contribution in [-0.4, -0.2) is 35.1 Å². The molecule has 0 unspecified atom stereocenters. The van der Waals surface area contributed by atoms with Gasteiger partial charge in [0.2, 0.25) is 0 Å². The van der Waals surface area contributed by atoms with Crippen LogP contribution in [0.3, 0.4) is 0 Å². The number of rotatable bonds is 4. The average Bonchev–Trinajstić information content (AvgIpc) is 2.65. The quantitative estimate of drug-likeness (QED) is 0.209. The molecule has 0 aliphatic carbocycles. The van der Waals surface area contributed by atoms with Gasteiger partial charge in [-0.15, -0.1) is 0 Å². The lowest BCUT2D eigenvalue weighted by atomic mass is 10.2. The van der Waals surface area contributed by atoms with Crippen LogP contribution in [0, 0.1) is 0 Å². The standard InChI is InChI=1S/C8H15N3O3/c9-7(11-13)3-4-10-8-2-1-6(5-12)14-8/h3-4,6,8,10,12-13H,1-2,5H2,(H2,9,11)/b4-3-/t6-,8+/m0/s1. The summed E-state index contributed by atoms with van der Waals surface area (Å²) in [7, 11) is 0. The number of nitrogens with zero attached hydrogens (tertiary/aromatic N) is 1. The van der Waals surface area contributed by atoms with Crippen molar-refractivity contribution in [1.82, 2.24) is 5.32 Å². The highest BCUT2D eigenvalue weighted by Crippen LogP contribution is 2.16. The van der Waals surface area contributed by atoms with Crippen LogP contribution < -0.4 is 11.1 Å². The molecule has 5 N–H and O–H groups in total. The van der Waals surface area contributed by atoms with Crippen LogP contribution in [0.25, 0.3) is 0 Å². The van der Waals surface area contributed by atoms with E-state index in [2.05, 4.69) is 10.5 Å². The van der Waals surface area contributed by atoms with E-state index in [0.717, 1.165) is 12.8 Å². The Morgan fingerprint density at radius 3 is 3.00 bits per heavy atom. The second-order valence-corrected chi connectivity index (χ2v) is 3.03. The van der Waals surface area contributed by atoms with Gasteiger partial charge in [-0.1, -0.05) is 5.16 Å². The van der Waals surface area contributed by atoms with Crippen molar-refractivity contribution >= 4 is 5.84 Å². The summed E-state index contributed by atoms with van der Waals surface area (Å²) in [4.78, 5) is 0. The summed E-state index contributed by atoms with van der Waals surface area (Å²) in [6.45, 7) is 0.0438. The highest BCUT2D eigenvalue weighted by atomic mass is 16.5. The van der Waals surface area contributed by atoms with E-state index in [1.165, 1.54) is 6.08 Å². The molecule has 2 atom stereocenters. The number of ether oxygens (including phenoxy) is 1. The minimum atomic E-state index is -0.102. The molecule has 0 spiro atoms. The molecule has 1 aliphatic rings. The Labute approximate surface area is 82.0 Å². The molecule has 1 aliphatic heterocycles. The molecule has 1 heterocycles. The molecule has 0 aromatic heterocycles. The predicted molar refractivity (Wildman–Crippen MR) is 50.7 cm³/mol. The molecule has 1 fully saturated rings. The maximum atomic E-state index is 8.79. The first kappa shape index (κ1) is 10.8. The lowest BCUT2D eigenvalue weighted by Crippen LogP contribution is -2.25. The first-order valence-corrected chi connectivity index (χ1v) is 4.42. The van der Waals surface area contributed by atoms with E-state index in [1.807, 2.05) is 0 Å². The Morgan fingerprint density at radius 1 is 1.64 bits per heavy atom. The van der Waals surface area contributed by atoms with E-state index in [9.17, 15) is 0 Å². The second kappa shape index (κ2) is 5.46. The summed E-state index contributed by atoms with van der Waals surface area (Å²) < 4.78 is 5.37. The number of nitrogens with two attached hydrogens (primary N) is 1. The fourth-order valence-corrected chi connectivity index (χ4v) is 1.24. The Kier molecular flexibility index (Phi) is 4.21. The van der Waals surface area contributed by atoms with E-state index in [-0.39, 0.29) is 24.8 Å². The van der Waals surface area contributed by atoms with E-state index in [4.69, 9.17) is 20.8 Å².